The minimum atomic E-state index is -0.364. The second kappa shape index (κ2) is 7.46. The minimum absolute atomic E-state index is 0.0352. The van der Waals surface area contributed by atoms with Gasteiger partial charge in [-0.2, -0.15) is 0 Å². The van der Waals surface area contributed by atoms with Crippen LogP contribution < -0.4 is 10.9 Å². The van der Waals surface area contributed by atoms with Gasteiger partial charge in [-0.15, -0.1) is 0 Å². The number of carbonyl (C=O) groups is 1. The second-order valence-corrected chi connectivity index (χ2v) is 8.25. The van der Waals surface area contributed by atoms with E-state index in [9.17, 15) is 9.59 Å². The van der Waals surface area contributed by atoms with Crippen LogP contribution in [0, 0.1) is 12.8 Å². The molecule has 4 rings (SSSR count). The Balaban J connectivity index is 1.69. The Bertz CT molecular complexity index is 1100. The van der Waals surface area contributed by atoms with Crippen LogP contribution in [0.3, 0.4) is 0 Å². The summed E-state index contributed by atoms with van der Waals surface area (Å²) in [6.45, 7) is 6.70. The van der Waals surface area contributed by atoms with E-state index < -0.39 is 0 Å². The Hall–Kier alpha value is -2.56. The first kappa shape index (κ1) is 18.8. The minimum Gasteiger partial charge on any atom is -0.461 e. The van der Waals surface area contributed by atoms with E-state index in [0.717, 1.165) is 46.9 Å². The standard InChI is InChI=1S/C23H27NO4/c1-13(2)12-24-22(25)9-8-15-14(3)17-10-18-16-6-4-5-7-19(16)27-21(18)11-20(17)28-23(15)26/h10-11,13H,4-9,12H2,1-3H3,(H,24,25). The van der Waals surface area contributed by atoms with Crippen molar-refractivity contribution >= 4 is 27.8 Å². The first-order valence-electron chi connectivity index (χ1n) is 10.2. The molecule has 148 valence electrons. The van der Waals surface area contributed by atoms with E-state index in [2.05, 4.69) is 25.2 Å². The molecule has 1 amide bonds. The van der Waals surface area contributed by atoms with Gasteiger partial charge < -0.3 is 14.2 Å². The molecule has 1 aliphatic rings. The molecule has 1 N–H and O–H groups in total. The molecule has 0 spiro atoms. The van der Waals surface area contributed by atoms with Gasteiger partial charge in [0.15, 0.2) is 0 Å². The van der Waals surface area contributed by atoms with Crippen LogP contribution in [0.25, 0.3) is 21.9 Å². The van der Waals surface area contributed by atoms with Gasteiger partial charge in [-0.25, -0.2) is 4.79 Å². The maximum absolute atomic E-state index is 12.5. The van der Waals surface area contributed by atoms with E-state index in [1.165, 1.54) is 12.0 Å². The van der Waals surface area contributed by atoms with Gasteiger partial charge in [-0.3, -0.25) is 4.79 Å². The molecule has 2 heterocycles. The van der Waals surface area contributed by atoms with E-state index in [0.29, 0.717) is 30.0 Å². The molecular weight excluding hydrogens is 354 g/mol. The Morgan fingerprint density at radius 2 is 1.86 bits per heavy atom. The summed E-state index contributed by atoms with van der Waals surface area (Å²) in [4.78, 5) is 24.6. The van der Waals surface area contributed by atoms with Crippen molar-refractivity contribution in [3.63, 3.8) is 0 Å². The summed E-state index contributed by atoms with van der Waals surface area (Å²) in [5.74, 6) is 1.44. The molecule has 1 aliphatic carbocycles. The van der Waals surface area contributed by atoms with Crippen molar-refractivity contribution in [2.24, 2.45) is 5.92 Å². The number of carbonyl (C=O) groups excluding carboxylic acids is 1. The third-order valence-corrected chi connectivity index (χ3v) is 5.67. The number of fused-ring (bicyclic) bond motifs is 4. The molecule has 0 radical (unpaired) electrons. The van der Waals surface area contributed by atoms with E-state index >= 15 is 0 Å². The molecule has 5 nitrogen and oxygen atoms in total. The number of hydrogen-bond acceptors (Lipinski definition) is 4. The van der Waals surface area contributed by atoms with Crippen LogP contribution in [0.5, 0.6) is 0 Å². The summed E-state index contributed by atoms with van der Waals surface area (Å²) >= 11 is 0. The average Bonchev–Trinajstić information content (AvgIpc) is 3.02. The molecule has 28 heavy (non-hydrogen) atoms. The lowest BCUT2D eigenvalue weighted by Gasteiger charge is -2.10. The number of benzene rings is 1. The molecule has 3 aromatic rings. The zero-order chi connectivity index (χ0) is 19.8. The Morgan fingerprint density at radius 3 is 2.64 bits per heavy atom. The Labute approximate surface area is 164 Å². The normalized spacial score (nSPS) is 14.0. The van der Waals surface area contributed by atoms with Crippen molar-refractivity contribution < 1.29 is 13.6 Å². The van der Waals surface area contributed by atoms with Crippen molar-refractivity contribution in [3.8, 4) is 0 Å². The summed E-state index contributed by atoms with van der Waals surface area (Å²) in [7, 11) is 0. The van der Waals surface area contributed by atoms with Crippen molar-refractivity contribution in [1.29, 1.82) is 0 Å². The fourth-order valence-corrected chi connectivity index (χ4v) is 4.08. The van der Waals surface area contributed by atoms with E-state index in [4.69, 9.17) is 8.83 Å². The molecule has 2 aromatic heterocycles. The molecule has 5 heteroatoms. The topological polar surface area (TPSA) is 72.5 Å². The van der Waals surface area contributed by atoms with Gasteiger partial charge in [0.1, 0.15) is 16.9 Å². The molecule has 1 aromatic carbocycles. The number of nitrogens with one attached hydrogen (secondary N) is 1. The van der Waals surface area contributed by atoms with E-state index in [1.54, 1.807) is 0 Å². The summed E-state index contributed by atoms with van der Waals surface area (Å²) in [6, 6.07) is 3.94. The van der Waals surface area contributed by atoms with Crippen LogP contribution in [0.1, 0.15) is 55.6 Å². The third-order valence-electron chi connectivity index (χ3n) is 5.67. The van der Waals surface area contributed by atoms with Gasteiger partial charge in [0.05, 0.1) is 0 Å². The van der Waals surface area contributed by atoms with Crippen LogP contribution in [0.4, 0.5) is 0 Å². The van der Waals surface area contributed by atoms with Gasteiger partial charge in [0.2, 0.25) is 5.91 Å². The lowest BCUT2D eigenvalue weighted by molar-refractivity contribution is -0.121. The molecule has 0 aliphatic heterocycles. The molecule has 0 atom stereocenters. The van der Waals surface area contributed by atoms with Crippen LogP contribution in [0.2, 0.25) is 0 Å². The molecular formula is C23H27NO4. The van der Waals surface area contributed by atoms with Crippen LogP contribution in [0.15, 0.2) is 25.8 Å². The highest BCUT2D eigenvalue weighted by Crippen LogP contribution is 2.35. The number of amides is 1. The zero-order valence-corrected chi connectivity index (χ0v) is 16.8. The third kappa shape index (κ3) is 3.46. The van der Waals surface area contributed by atoms with Gasteiger partial charge >= 0.3 is 5.63 Å². The largest absolute Gasteiger partial charge is 0.461 e. The Morgan fingerprint density at radius 1 is 1.11 bits per heavy atom. The summed E-state index contributed by atoms with van der Waals surface area (Å²) in [5, 5.41) is 4.95. The van der Waals surface area contributed by atoms with Crippen LogP contribution in [-0.4, -0.2) is 12.5 Å². The number of aryl methyl sites for hydroxylation is 3. The lowest BCUT2D eigenvalue weighted by atomic mass is 9.94. The first-order valence-corrected chi connectivity index (χ1v) is 10.2. The maximum atomic E-state index is 12.5. The van der Waals surface area contributed by atoms with Gasteiger partial charge in [-0.1, -0.05) is 13.8 Å². The highest BCUT2D eigenvalue weighted by molar-refractivity contribution is 5.97. The maximum Gasteiger partial charge on any atom is 0.339 e. The molecule has 0 unspecified atom stereocenters. The van der Waals surface area contributed by atoms with Gasteiger partial charge in [0.25, 0.3) is 0 Å². The Kier molecular flexibility index (Phi) is 5.00. The van der Waals surface area contributed by atoms with Crippen molar-refractivity contribution in [1.82, 2.24) is 5.32 Å². The van der Waals surface area contributed by atoms with Gasteiger partial charge in [-0.05, 0) is 50.2 Å². The molecule has 0 fully saturated rings. The zero-order valence-electron chi connectivity index (χ0n) is 16.8. The molecule has 0 saturated carbocycles. The first-order chi connectivity index (χ1) is 13.4. The smallest absolute Gasteiger partial charge is 0.339 e. The molecule has 0 bridgehead atoms. The lowest BCUT2D eigenvalue weighted by Crippen LogP contribution is -2.28. The van der Waals surface area contributed by atoms with Crippen LogP contribution in [-0.2, 0) is 24.1 Å². The predicted molar refractivity (Wildman–Crippen MR) is 110 cm³/mol. The monoisotopic (exact) mass is 381 g/mol. The van der Waals surface area contributed by atoms with E-state index in [1.807, 2.05) is 13.0 Å². The fourth-order valence-electron chi connectivity index (χ4n) is 4.08. The summed E-state index contributed by atoms with van der Waals surface area (Å²) < 4.78 is 11.6. The fraction of sp³-hybridized carbons (Fsp3) is 0.478. The van der Waals surface area contributed by atoms with Crippen molar-refractivity contribution in [2.45, 2.75) is 59.3 Å². The quantitative estimate of drug-likeness (QED) is 0.664. The number of rotatable bonds is 5. The summed E-state index contributed by atoms with van der Waals surface area (Å²) in [6.07, 6.45) is 5.01. The highest BCUT2D eigenvalue weighted by Gasteiger charge is 2.20. The van der Waals surface area contributed by atoms with Crippen molar-refractivity contribution in [2.75, 3.05) is 6.54 Å². The second-order valence-electron chi connectivity index (χ2n) is 8.25. The predicted octanol–water partition coefficient (Wildman–Crippen LogP) is 4.43. The average molecular weight is 381 g/mol. The molecule has 0 saturated heterocycles. The number of furan rings is 1. The van der Waals surface area contributed by atoms with E-state index in [-0.39, 0.29) is 18.0 Å². The van der Waals surface area contributed by atoms with Crippen molar-refractivity contribution in [3.05, 3.63) is 45.0 Å². The van der Waals surface area contributed by atoms with Gasteiger partial charge in [0, 0.05) is 47.4 Å². The SMILES string of the molecule is Cc1c(CCC(=O)NCC(C)C)c(=O)oc2cc3oc4c(c3cc12)CCCC4. The van der Waals surface area contributed by atoms with Crippen LogP contribution >= 0.6 is 0 Å². The summed E-state index contributed by atoms with van der Waals surface area (Å²) in [5.41, 5.74) is 3.76. The number of hydrogen-bond donors (Lipinski definition) is 1. The highest BCUT2D eigenvalue weighted by atomic mass is 16.4.